The van der Waals surface area contributed by atoms with Gasteiger partial charge in [0.25, 0.3) is 0 Å². The van der Waals surface area contributed by atoms with E-state index in [0.29, 0.717) is 30.7 Å². The van der Waals surface area contributed by atoms with Crippen LogP contribution in [0.25, 0.3) is 0 Å². The number of piperazine rings is 1. The number of nitrogens with zero attached hydrogens (tertiary/aromatic N) is 1. The summed E-state index contributed by atoms with van der Waals surface area (Å²) in [5.74, 6) is 0. The predicted molar refractivity (Wildman–Crippen MR) is 82.5 cm³/mol. The molecule has 1 heterocycles. The van der Waals surface area contributed by atoms with Crippen molar-refractivity contribution in [3.05, 3.63) is 22.7 Å². The van der Waals surface area contributed by atoms with Crippen molar-refractivity contribution in [3.8, 4) is 0 Å². The number of nitrogens with one attached hydrogen (secondary N) is 2. The number of rotatable bonds is 4. The highest BCUT2D eigenvalue weighted by Gasteiger charge is 2.24. The molecule has 0 atom stereocenters. The van der Waals surface area contributed by atoms with Gasteiger partial charge in [-0.25, -0.2) is 13.6 Å². The van der Waals surface area contributed by atoms with Gasteiger partial charge >= 0.3 is 10.2 Å². The molecule has 1 aliphatic rings. The maximum Gasteiger partial charge on any atom is 0.301 e. The van der Waals surface area contributed by atoms with Crippen molar-refractivity contribution in [1.82, 2.24) is 9.62 Å². The van der Waals surface area contributed by atoms with Gasteiger partial charge in [0.05, 0.1) is 10.6 Å². The van der Waals surface area contributed by atoms with Crippen molar-refractivity contribution in [3.63, 3.8) is 0 Å². The van der Waals surface area contributed by atoms with E-state index in [0.717, 1.165) is 0 Å². The third-order valence-corrected chi connectivity index (χ3v) is 6.01. The second-order valence-electron chi connectivity index (χ2n) is 4.44. The highest BCUT2D eigenvalue weighted by molar-refractivity contribution is 9.10. The van der Waals surface area contributed by atoms with Crippen molar-refractivity contribution < 1.29 is 16.8 Å². The maximum atomic E-state index is 12.2. The molecule has 2 rings (SSSR count). The third-order valence-electron chi connectivity index (χ3n) is 2.92. The molecule has 118 valence electrons. The number of hydrogen-bond donors (Lipinski definition) is 3. The molecule has 0 aliphatic carbocycles. The van der Waals surface area contributed by atoms with Crippen LogP contribution in [0.2, 0.25) is 0 Å². The van der Waals surface area contributed by atoms with Crippen LogP contribution in [0.5, 0.6) is 0 Å². The number of nitrogens with two attached hydrogens (primary N) is 1. The van der Waals surface area contributed by atoms with Gasteiger partial charge in [-0.05, 0) is 34.1 Å². The van der Waals surface area contributed by atoms with Crippen molar-refractivity contribution in [1.29, 1.82) is 0 Å². The molecule has 1 saturated heterocycles. The zero-order valence-electron chi connectivity index (χ0n) is 10.9. The number of hydrogen-bond acceptors (Lipinski definition) is 5. The largest absolute Gasteiger partial charge is 0.314 e. The molecule has 1 aromatic rings. The highest BCUT2D eigenvalue weighted by atomic mass is 79.9. The first-order valence-corrected chi connectivity index (χ1v) is 9.79. The highest BCUT2D eigenvalue weighted by Crippen LogP contribution is 2.26. The quantitative estimate of drug-likeness (QED) is 0.640. The summed E-state index contributed by atoms with van der Waals surface area (Å²) in [6.07, 6.45) is 0. The van der Waals surface area contributed by atoms with Gasteiger partial charge in [0.15, 0.2) is 0 Å². The fourth-order valence-corrected chi connectivity index (χ4v) is 4.39. The molecule has 4 N–H and O–H groups in total. The van der Waals surface area contributed by atoms with Crippen LogP contribution in [0, 0.1) is 0 Å². The van der Waals surface area contributed by atoms with Crippen LogP contribution in [-0.4, -0.2) is 47.3 Å². The smallest absolute Gasteiger partial charge is 0.301 e. The Balaban J connectivity index is 2.23. The predicted octanol–water partition coefficient (Wildman–Crippen LogP) is -0.342. The maximum absolute atomic E-state index is 12.2. The lowest BCUT2D eigenvalue weighted by Gasteiger charge is -2.27. The van der Waals surface area contributed by atoms with Gasteiger partial charge < -0.3 is 5.32 Å². The molecule has 21 heavy (non-hydrogen) atoms. The van der Waals surface area contributed by atoms with Crippen molar-refractivity contribution >= 4 is 41.8 Å². The lowest BCUT2D eigenvalue weighted by Crippen LogP contribution is -2.48. The zero-order valence-corrected chi connectivity index (χ0v) is 14.1. The SMILES string of the molecule is NS(=O)(=O)c1ccc(NS(=O)(=O)N2CCNCC2)c(Br)c1. The Kier molecular flexibility index (Phi) is 4.90. The van der Waals surface area contributed by atoms with Crippen molar-refractivity contribution in [2.75, 3.05) is 30.9 Å². The summed E-state index contributed by atoms with van der Waals surface area (Å²) in [5.41, 5.74) is 0.251. The van der Waals surface area contributed by atoms with Gasteiger partial charge in [-0.3, -0.25) is 4.72 Å². The van der Waals surface area contributed by atoms with Crippen LogP contribution in [0.4, 0.5) is 5.69 Å². The first-order chi connectivity index (χ1) is 9.70. The molecule has 11 heteroatoms. The molecule has 0 amide bonds. The molecule has 1 aliphatic heterocycles. The fraction of sp³-hybridized carbons (Fsp3) is 0.400. The number of primary sulfonamides is 1. The summed E-state index contributed by atoms with van der Waals surface area (Å²) in [6.45, 7) is 1.93. The van der Waals surface area contributed by atoms with Crippen LogP contribution in [0.1, 0.15) is 0 Å². The second kappa shape index (κ2) is 6.18. The first kappa shape index (κ1) is 16.6. The van der Waals surface area contributed by atoms with E-state index >= 15 is 0 Å². The Morgan fingerprint density at radius 1 is 1.19 bits per heavy atom. The molecular weight excluding hydrogens is 384 g/mol. The van der Waals surface area contributed by atoms with Crippen LogP contribution in [-0.2, 0) is 20.2 Å². The average Bonchev–Trinajstić information content (AvgIpc) is 2.41. The van der Waals surface area contributed by atoms with Gasteiger partial charge in [-0.2, -0.15) is 12.7 Å². The Hall–Kier alpha value is -0.720. The standard InChI is InChI=1S/C10H15BrN4O4S2/c11-9-7-8(20(12,16)17)1-2-10(9)14-21(18,19)15-5-3-13-4-6-15/h1-2,7,13-14H,3-6H2,(H2,12,16,17). The number of sulfonamides is 1. The topological polar surface area (TPSA) is 122 Å². The molecule has 0 spiro atoms. The lowest BCUT2D eigenvalue weighted by atomic mass is 10.3. The second-order valence-corrected chi connectivity index (χ2v) is 8.53. The molecule has 0 bridgehead atoms. The monoisotopic (exact) mass is 398 g/mol. The molecule has 0 unspecified atom stereocenters. The summed E-state index contributed by atoms with van der Waals surface area (Å²) in [4.78, 5) is -0.0977. The van der Waals surface area contributed by atoms with Crippen LogP contribution in [0.3, 0.4) is 0 Å². The van der Waals surface area contributed by atoms with Gasteiger partial charge in [0.1, 0.15) is 0 Å². The molecule has 0 saturated carbocycles. The summed E-state index contributed by atoms with van der Waals surface area (Å²) in [6, 6.07) is 3.85. The van der Waals surface area contributed by atoms with E-state index in [1.165, 1.54) is 22.5 Å². The van der Waals surface area contributed by atoms with Crippen molar-refractivity contribution in [2.45, 2.75) is 4.90 Å². The van der Waals surface area contributed by atoms with E-state index in [9.17, 15) is 16.8 Å². The molecule has 8 nitrogen and oxygen atoms in total. The van der Waals surface area contributed by atoms with Gasteiger partial charge in [-0.1, -0.05) is 0 Å². The van der Waals surface area contributed by atoms with E-state index in [4.69, 9.17) is 5.14 Å². The van der Waals surface area contributed by atoms with Gasteiger partial charge in [-0.15, -0.1) is 0 Å². The normalized spacial score (nSPS) is 17.6. The first-order valence-electron chi connectivity index (χ1n) is 6.01. The number of halogens is 1. The van der Waals surface area contributed by atoms with Crippen LogP contribution >= 0.6 is 15.9 Å². The zero-order chi connectivity index (χ0) is 15.7. The van der Waals surface area contributed by atoms with E-state index < -0.39 is 20.2 Å². The van der Waals surface area contributed by atoms with E-state index in [1.54, 1.807) is 0 Å². The van der Waals surface area contributed by atoms with E-state index in [1.807, 2.05) is 0 Å². The fourth-order valence-electron chi connectivity index (χ4n) is 1.84. The summed E-state index contributed by atoms with van der Waals surface area (Å²) < 4.78 is 50.9. The van der Waals surface area contributed by atoms with Crippen molar-refractivity contribution in [2.24, 2.45) is 5.14 Å². The Morgan fingerprint density at radius 3 is 2.33 bits per heavy atom. The minimum Gasteiger partial charge on any atom is -0.314 e. The third kappa shape index (κ3) is 4.14. The lowest BCUT2D eigenvalue weighted by molar-refractivity contribution is 0.362. The van der Waals surface area contributed by atoms with E-state index in [-0.39, 0.29) is 10.6 Å². The molecule has 0 aromatic heterocycles. The summed E-state index contributed by atoms with van der Waals surface area (Å²) >= 11 is 3.14. The number of benzene rings is 1. The summed E-state index contributed by atoms with van der Waals surface area (Å²) in [7, 11) is -7.51. The van der Waals surface area contributed by atoms with Gasteiger partial charge in [0.2, 0.25) is 10.0 Å². The minimum absolute atomic E-state index is 0.0977. The van der Waals surface area contributed by atoms with Crippen LogP contribution < -0.4 is 15.2 Å². The van der Waals surface area contributed by atoms with Gasteiger partial charge in [0, 0.05) is 30.7 Å². The molecular formula is C10H15BrN4O4S2. The Bertz CT molecular complexity index is 729. The van der Waals surface area contributed by atoms with Crippen LogP contribution in [0.15, 0.2) is 27.6 Å². The summed E-state index contributed by atoms with van der Waals surface area (Å²) in [5, 5.41) is 8.08. The molecule has 1 fully saturated rings. The average molecular weight is 399 g/mol. The molecule has 0 radical (unpaired) electrons. The minimum atomic E-state index is -3.83. The molecule has 1 aromatic carbocycles. The Labute approximate surface area is 132 Å². The number of anilines is 1. The van der Waals surface area contributed by atoms with E-state index in [2.05, 4.69) is 26.0 Å². The Morgan fingerprint density at radius 2 is 1.81 bits per heavy atom.